The normalized spacial score (nSPS) is 12.7. The van der Waals surface area contributed by atoms with Gasteiger partial charge >= 0.3 is 0 Å². The van der Waals surface area contributed by atoms with Gasteiger partial charge in [-0.3, -0.25) is 0 Å². The average Bonchev–Trinajstić information content (AvgIpc) is 3.29. The fraction of sp³-hybridized carbons (Fsp3) is 0.0769. The summed E-state index contributed by atoms with van der Waals surface area (Å²) in [7, 11) is 0. The van der Waals surface area contributed by atoms with Crippen molar-refractivity contribution in [2.45, 2.75) is 19.3 Å². The number of hydrogen-bond donors (Lipinski definition) is 2. The van der Waals surface area contributed by atoms with E-state index >= 15 is 0 Å². The first-order chi connectivity index (χ1) is 21.0. The van der Waals surface area contributed by atoms with E-state index in [1.165, 1.54) is 17.3 Å². The van der Waals surface area contributed by atoms with Gasteiger partial charge in [0.25, 0.3) is 0 Å². The Morgan fingerprint density at radius 3 is 1.81 bits per heavy atom. The zero-order chi connectivity index (χ0) is 29.4. The molecule has 4 nitrogen and oxygen atoms in total. The molecule has 1 heterocycles. The summed E-state index contributed by atoms with van der Waals surface area (Å²) in [5.74, 6) is 0.707. The van der Waals surface area contributed by atoms with Gasteiger partial charge in [0.05, 0.1) is 0 Å². The number of hydrogen-bond acceptors (Lipinski definition) is 4. The second-order valence-corrected chi connectivity index (χ2v) is 11.4. The SMILES string of the molecule is CC1(C)c2ccc(-c3ccc(N(c4ccccc4)c4ccccc4)cc3)cc2-c2cnc(Nc3ccccc3)c(C=N)c21. The molecule has 7 rings (SSSR count). The summed E-state index contributed by atoms with van der Waals surface area (Å²) in [4.78, 5) is 7.08. The topological polar surface area (TPSA) is 52.0 Å². The van der Waals surface area contributed by atoms with Crippen molar-refractivity contribution in [2.75, 3.05) is 10.2 Å². The lowest BCUT2D eigenvalue weighted by molar-refractivity contribution is 0.659. The summed E-state index contributed by atoms with van der Waals surface area (Å²) in [6, 6.07) is 46.5. The number of rotatable bonds is 7. The van der Waals surface area contributed by atoms with E-state index in [9.17, 15) is 0 Å². The zero-order valence-corrected chi connectivity index (χ0v) is 24.3. The predicted octanol–water partition coefficient (Wildman–Crippen LogP) is 10.3. The predicted molar refractivity (Wildman–Crippen MR) is 180 cm³/mol. The van der Waals surface area contributed by atoms with Crippen LogP contribution in [0.2, 0.25) is 0 Å². The van der Waals surface area contributed by atoms with Gasteiger partial charge in [-0.1, -0.05) is 92.7 Å². The molecule has 1 aromatic heterocycles. The van der Waals surface area contributed by atoms with Crippen LogP contribution in [0.3, 0.4) is 0 Å². The van der Waals surface area contributed by atoms with Crippen LogP contribution in [0.4, 0.5) is 28.6 Å². The van der Waals surface area contributed by atoms with Crippen LogP contribution in [-0.4, -0.2) is 11.2 Å². The van der Waals surface area contributed by atoms with Crippen molar-refractivity contribution >= 4 is 34.8 Å². The Morgan fingerprint density at radius 1 is 0.651 bits per heavy atom. The summed E-state index contributed by atoms with van der Waals surface area (Å²) in [6.45, 7) is 4.49. The molecule has 2 N–H and O–H groups in total. The van der Waals surface area contributed by atoms with Crippen LogP contribution in [0.5, 0.6) is 0 Å². The number of pyridine rings is 1. The number of benzene rings is 5. The molecule has 0 radical (unpaired) electrons. The van der Waals surface area contributed by atoms with Gasteiger partial charge in [0.2, 0.25) is 0 Å². The smallest absolute Gasteiger partial charge is 0.139 e. The third-order valence-corrected chi connectivity index (χ3v) is 8.39. The van der Waals surface area contributed by atoms with Crippen LogP contribution in [0.15, 0.2) is 140 Å². The highest BCUT2D eigenvalue weighted by atomic mass is 15.1. The van der Waals surface area contributed by atoms with Crippen LogP contribution >= 0.6 is 0 Å². The molecule has 0 aliphatic heterocycles. The third-order valence-electron chi connectivity index (χ3n) is 8.39. The Bertz CT molecular complexity index is 1870. The molecule has 5 aromatic carbocycles. The molecular weight excluding hydrogens is 524 g/mol. The van der Waals surface area contributed by atoms with E-state index in [1.807, 2.05) is 48.7 Å². The molecule has 0 unspecified atom stereocenters. The van der Waals surface area contributed by atoms with Gasteiger partial charge in [-0.2, -0.15) is 0 Å². The zero-order valence-electron chi connectivity index (χ0n) is 24.3. The Morgan fingerprint density at radius 2 is 1.21 bits per heavy atom. The van der Waals surface area contributed by atoms with Gasteiger partial charge < -0.3 is 15.6 Å². The molecule has 208 valence electrons. The second kappa shape index (κ2) is 10.7. The molecule has 0 atom stereocenters. The van der Waals surface area contributed by atoms with Crippen molar-refractivity contribution in [3.05, 3.63) is 156 Å². The van der Waals surface area contributed by atoms with E-state index in [1.54, 1.807) is 0 Å². The van der Waals surface area contributed by atoms with Gasteiger partial charge in [0.15, 0.2) is 0 Å². The fourth-order valence-corrected chi connectivity index (χ4v) is 6.33. The number of anilines is 5. The minimum absolute atomic E-state index is 0.262. The van der Waals surface area contributed by atoms with Gasteiger partial charge in [-0.15, -0.1) is 0 Å². The van der Waals surface area contributed by atoms with Crippen LogP contribution in [-0.2, 0) is 5.41 Å². The highest BCUT2D eigenvalue weighted by Crippen LogP contribution is 2.51. The molecule has 0 spiro atoms. The molecule has 1 aliphatic carbocycles. The molecule has 0 saturated carbocycles. The fourth-order valence-electron chi connectivity index (χ4n) is 6.33. The van der Waals surface area contributed by atoms with Crippen molar-refractivity contribution in [3.8, 4) is 22.3 Å². The van der Waals surface area contributed by atoms with Crippen LogP contribution in [0.1, 0.15) is 30.5 Å². The first-order valence-electron chi connectivity index (χ1n) is 14.6. The Hall–Kier alpha value is -5.48. The second-order valence-electron chi connectivity index (χ2n) is 11.4. The van der Waals surface area contributed by atoms with E-state index < -0.39 is 0 Å². The summed E-state index contributed by atoms with van der Waals surface area (Å²) in [5.41, 5.74) is 11.8. The van der Waals surface area contributed by atoms with Crippen molar-refractivity contribution in [1.29, 1.82) is 5.41 Å². The number of nitrogens with one attached hydrogen (secondary N) is 2. The Labute approximate surface area is 252 Å². The quantitative estimate of drug-likeness (QED) is 0.192. The molecule has 0 fully saturated rings. The maximum absolute atomic E-state index is 8.35. The van der Waals surface area contributed by atoms with E-state index in [0.717, 1.165) is 50.6 Å². The highest BCUT2D eigenvalue weighted by Gasteiger charge is 2.38. The minimum atomic E-state index is -0.262. The van der Waals surface area contributed by atoms with E-state index in [4.69, 9.17) is 10.4 Å². The number of para-hydroxylation sites is 3. The number of fused-ring (bicyclic) bond motifs is 3. The molecule has 43 heavy (non-hydrogen) atoms. The molecular formula is C39H32N4. The first kappa shape index (κ1) is 26.4. The lowest BCUT2D eigenvalue weighted by Gasteiger charge is -2.25. The summed E-state index contributed by atoms with van der Waals surface area (Å²) >= 11 is 0. The van der Waals surface area contributed by atoms with Gasteiger partial charge in [-0.05, 0) is 82.4 Å². The average molecular weight is 557 g/mol. The van der Waals surface area contributed by atoms with Crippen LogP contribution in [0, 0.1) is 5.41 Å². The van der Waals surface area contributed by atoms with Crippen LogP contribution < -0.4 is 10.2 Å². The third kappa shape index (κ3) is 4.67. The van der Waals surface area contributed by atoms with E-state index in [0.29, 0.717) is 5.82 Å². The molecule has 0 bridgehead atoms. The molecule has 4 heteroatoms. The van der Waals surface area contributed by atoms with Crippen molar-refractivity contribution < 1.29 is 0 Å². The summed E-state index contributed by atoms with van der Waals surface area (Å²) in [5, 5.41) is 11.8. The summed E-state index contributed by atoms with van der Waals surface area (Å²) < 4.78 is 0. The van der Waals surface area contributed by atoms with E-state index in [2.05, 4.69) is 115 Å². The Balaban J connectivity index is 1.26. The molecule has 0 amide bonds. The van der Waals surface area contributed by atoms with Crippen molar-refractivity contribution in [3.63, 3.8) is 0 Å². The minimum Gasteiger partial charge on any atom is -0.340 e. The lowest BCUT2D eigenvalue weighted by Crippen LogP contribution is -2.18. The van der Waals surface area contributed by atoms with Crippen LogP contribution in [0.25, 0.3) is 22.3 Å². The maximum Gasteiger partial charge on any atom is 0.139 e. The van der Waals surface area contributed by atoms with Gasteiger partial charge in [-0.25, -0.2) is 4.98 Å². The molecule has 6 aromatic rings. The monoisotopic (exact) mass is 556 g/mol. The van der Waals surface area contributed by atoms with Gasteiger partial charge in [0, 0.05) is 51.7 Å². The molecule has 1 aliphatic rings. The van der Waals surface area contributed by atoms with Crippen molar-refractivity contribution in [1.82, 2.24) is 4.98 Å². The van der Waals surface area contributed by atoms with E-state index in [-0.39, 0.29) is 5.41 Å². The standard InChI is InChI=1S/C39H32N4/c1-39(2)36-23-20-28(24-33(36)35-26-41-38(34(25-40)37(35)39)42-29-12-6-3-7-13-29)27-18-21-32(22-19-27)43(30-14-8-4-9-15-30)31-16-10-5-11-17-31/h3-26,40H,1-2H3,(H,41,42). The number of aromatic nitrogens is 1. The highest BCUT2D eigenvalue weighted by molar-refractivity contribution is 5.96. The molecule has 0 saturated heterocycles. The van der Waals surface area contributed by atoms with Gasteiger partial charge in [0.1, 0.15) is 5.82 Å². The first-order valence-corrected chi connectivity index (χ1v) is 14.6. The van der Waals surface area contributed by atoms with Crippen molar-refractivity contribution in [2.24, 2.45) is 0 Å². The largest absolute Gasteiger partial charge is 0.340 e. The summed E-state index contributed by atoms with van der Waals surface area (Å²) in [6.07, 6.45) is 3.40. The lowest BCUT2D eigenvalue weighted by atomic mass is 9.80. The maximum atomic E-state index is 8.35. The Kier molecular flexibility index (Phi) is 6.59. The number of nitrogens with zero attached hydrogens (tertiary/aromatic N) is 2.